The third kappa shape index (κ3) is 4.17. The van der Waals surface area contributed by atoms with Crippen molar-refractivity contribution in [2.24, 2.45) is 0 Å². The summed E-state index contributed by atoms with van der Waals surface area (Å²) in [6, 6.07) is 23.8. The minimum absolute atomic E-state index is 0.241. The monoisotopic (exact) mass is 422 g/mol. The number of esters is 1. The Morgan fingerprint density at radius 1 is 0.833 bits per heavy atom. The Kier molecular flexibility index (Phi) is 5.48. The summed E-state index contributed by atoms with van der Waals surface area (Å²) in [5, 5.41) is 1.42. The number of pyridine rings is 1. The molecule has 0 radical (unpaired) electrons. The van der Waals surface area contributed by atoms with Crippen molar-refractivity contribution < 1.29 is 27.1 Å². The maximum atomic E-state index is 13.2. The highest BCUT2D eigenvalue weighted by molar-refractivity contribution is 7.85. The maximum absolute atomic E-state index is 13.2. The predicted octanol–water partition coefficient (Wildman–Crippen LogP) is 3.78. The highest BCUT2D eigenvalue weighted by Gasteiger charge is 2.25. The second-order valence-corrected chi connectivity index (χ2v) is 8.48. The fraction of sp³-hybridized carbons (Fsp3) is 0.130. The van der Waals surface area contributed by atoms with Crippen LogP contribution >= 0.6 is 0 Å². The lowest BCUT2D eigenvalue weighted by Crippen LogP contribution is -2.37. The van der Waals surface area contributed by atoms with Gasteiger partial charge in [-0.25, -0.2) is 4.79 Å². The lowest BCUT2D eigenvalue weighted by molar-refractivity contribution is -0.645. The van der Waals surface area contributed by atoms with Gasteiger partial charge in [0.25, 0.3) is 10.1 Å². The van der Waals surface area contributed by atoms with Crippen LogP contribution in [0.2, 0.25) is 0 Å². The van der Waals surface area contributed by atoms with Gasteiger partial charge in [0.15, 0.2) is 6.54 Å². The summed E-state index contributed by atoms with van der Waals surface area (Å²) in [5.74, 6) is -0.334. The van der Waals surface area contributed by atoms with Gasteiger partial charge in [-0.1, -0.05) is 42.5 Å². The lowest BCUT2D eigenvalue weighted by atomic mass is 10.0. The first kappa shape index (κ1) is 20.0. The van der Waals surface area contributed by atoms with Crippen LogP contribution in [0, 0.1) is 0 Å². The number of hydrogen-bond donors (Lipinski definition) is 1. The summed E-state index contributed by atoms with van der Waals surface area (Å²) in [5.41, 5.74) is 2.02. The molecule has 0 bridgehead atoms. The van der Waals surface area contributed by atoms with E-state index in [9.17, 15) is 13.2 Å². The Morgan fingerprint density at radius 2 is 1.37 bits per heavy atom. The molecule has 7 heteroatoms. The molecule has 0 amide bonds. The molecule has 1 aromatic heterocycles. The molecule has 3 aromatic carbocycles. The smallest absolute Gasteiger partial charge is 0.345 e. The SMILES string of the molecule is O=C(Oc1ccccc1)c1c2ccccc2[n+](CCCS(=O)(=O)O)c2ccccc12. The topological polar surface area (TPSA) is 84.5 Å². The number of hydrogen-bond acceptors (Lipinski definition) is 4. The second-order valence-electron chi connectivity index (χ2n) is 6.90. The predicted molar refractivity (Wildman–Crippen MR) is 114 cm³/mol. The molecule has 0 unspecified atom stereocenters. The summed E-state index contributed by atoms with van der Waals surface area (Å²) in [6.45, 7) is 0.370. The minimum Gasteiger partial charge on any atom is -0.423 e. The Hall–Kier alpha value is -3.29. The van der Waals surface area contributed by atoms with E-state index in [0.29, 0.717) is 28.6 Å². The molecule has 0 spiro atoms. The van der Waals surface area contributed by atoms with Crippen molar-refractivity contribution in [3.8, 4) is 5.75 Å². The van der Waals surface area contributed by atoms with Crippen molar-refractivity contribution >= 4 is 37.9 Å². The van der Waals surface area contributed by atoms with E-state index < -0.39 is 16.1 Å². The first-order valence-corrected chi connectivity index (χ1v) is 11.1. The number of aromatic nitrogens is 1. The average molecular weight is 422 g/mol. The molecule has 30 heavy (non-hydrogen) atoms. The zero-order valence-electron chi connectivity index (χ0n) is 16.1. The molecule has 0 saturated carbocycles. The van der Waals surface area contributed by atoms with Crippen LogP contribution in [0.5, 0.6) is 5.75 Å². The van der Waals surface area contributed by atoms with E-state index in [1.54, 1.807) is 24.3 Å². The van der Waals surface area contributed by atoms with Crippen LogP contribution in [-0.2, 0) is 16.7 Å². The van der Waals surface area contributed by atoms with Crippen LogP contribution in [0.3, 0.4) is 0 Å². The van der Waals surface area contributed by atoms with Gasteiger partial charge >= 0.3 is 5.97 Å². The largest absolute Gasteiger partial charge is 0.423 e. The third-order valence-electron chi connectivity index (χ3n) is 4.87. The van der Waals surface area contributed by atoms with E-state index >= 15 is 0 Å². The summed E-state index contributed by atoms with van der Waals surface area (Å²) in [7, 11) is -4.04. The number of rotatable bonds is 6. The first-order chi connectivity index (χ1) is 14.4. The summed E-state index contributed by atoms with van der Waals surface area (Å²) >= 11 is 0. The molecule has 152 valence electrons. The minimum atomic E-state index is -4.04. The van der Waals surface area contributed by atoms with Crippen molar-refractivity contribution in [3.05, 3.63) is 84.4 Å². The average Bonchev–Trinajstić information content (AvgIpc) is 2.73. The Morgan fingerprint density at radius 3 is 1.93 bits per heavy atom. The van der Waals surface area contributed by atoms with Gasteiger partial charge in [0, 0.05) is 18.6 Å². The third-order valence-corrected chi connectivity index (χ3v) is 5.67. The van der Waals surface area contributed by atoms with E-state index in [0.717, 1.165) is 11.0 Å². The van der Waals surface area contributed by atoms with E-state index in [-0.39, 0.29) is 12.2 Å². The second kappa shape index (κ2) is 8.22. The first-order valence-electron chi connectivity index (χ1n) is 9.50. The lowest BCUT2D eigenvalue weighted by Gasteiger charge is -2.11. The Labute approximate surface area is 174 Å². The van der Waals surface area contributed by atoms with Crippen molar-refractivity contribution in [1.82, 2.24) is 0 Å². The standard InChI is InChI=1S/C23H19NO5S/c25-23(29-17-9-2-1-3-10-17)22-18-11-4-6-13-20(18)24(15-8-16-30(26,27)28)21-14-7-5-12-19(21)22/h1-7,9-14H,8,15-16H2/p+1. The Balaban J connectivity index is 1.87. The number of ether oxygens (including phenoxy) is 1. The highest BCUT2D eigenvalue weighted by Crippen LogP contribution is 2.26. The van der Waals surface area contributed by atoms with E-state index in [4.69, 9.17) is 9.29 Å². The molecule has 4 rings (SSSR count). The fourth-order valence-electron chi connectivity index (χ4n) is 3.63. The van der Waals surface area contributed by atoms with Gasteiger partial charge in [-0.3, -0.25) is 4.55 Å². The Bertz CT molecular complexity index is 1280. The maximum Gasteiger partial charge on any atom is 0.345 e. The number of carbonyl (C=O) groups is 1. The van der Waals surface area contributed by atoms with Crippen LogP contribution in [-0.4, -0.2) is 24.7 Å². The zero-order valence-corrected chi connectivity index (χ0v) is 16.9. The van der Waals surface area contributed by atoms with E-state index in [1.165, 1.54) is 0 Å². The molecule has 4 aromatic rings. The number of benzene rings is 3. The molecular formula is C23H20NO5S+. The molecule has 1 heterocycles. The van der Waals surface area contributed by atoms with Gasteiger partial charge in [0.1, 0.15) is 5.75 Å². The van der Waals surface area contributed by atoms with Crippen LogP contribution in [0.4, 0.5) is 0 Å². The summed E-state index contributed by atoms with van der Waals surface area (Å²) in [4.78, 5) is 13.2. The summed E-state index contributed by atoms with van der Waals surface area (Å²) in [6.07, 6.45) is 0.241. The van der Waals surface area contributed by atoms with Crippen molar-refractivity contribution in [3.63, 3.8) is 0 Å². The van der Waals surface area contributed by atoms with Gasteiger partial charge in [-0.05, 0) is 24.3 Å². The molecule has 0 atom stereocenters. The fourth-order valence-corrected chi connectivity index (χ4v) is 4.12. The van der Waals surface area contributed by atoms with E-state index in [2.05, 4.69) is 0 Å². The van der Waals surface area contributed by atoms with Gasteiger partial charge in [0.05, 0.1) is 22.1 Å². The quantitative estimate of drug-likeness (QED) is 0.168. The van der Waals surface area contributed by atoms with Gasteiger partial charge in [0.2, 0.25) is 11.0 Å². The summed E-state index contributed by atoms with van der Waals surface area (Å²) < 4.78 is 39.0. The molecule has 0 aliphatic rings. The van der Waals surface area contributed by atoms with Gasteiger partial charge < -0.3 is 4.74 Å². The van der Waals surface area contributed by atoms with Crippen molar-refractivity contribution in [2.75, 3.05) is 5.75 Å². The number of nitrogens with zero attached hydrogens (tertiary/aromatic N) is 1. The molecule has 0 fully saturated rings. The van der Waals surface area contributed by atoms with Crippen LogP contribution in [0.15, 0.2) is 78.9 Å². The van der Waals surface area contributed by atoms with E-state index in [1.807, 2.05) is 59.2 Å². The number of para-hydroxylation sites is 3. The van der Waals surface area contributed by atoms with Gasteiger partial charge in [-0.15, -0.1) is 0 Å². The number of aryl methyl sites for hydroxylation is 1. The molecular weight excluding hydrogens is 402 g/mol. The highest BCUT2D eigenvalue weighted by atomic mass is 32.2. The molecule has 0 aliphatic carbocycles. The van der Waals surface area contributed by atoms with Crippen LogP contribution in [0.1, 0.15) is 16.8 Å². The normalized spacial score (nSPS) is 11.6. The van der Waals surface area contributed by atoms with Gasteiger partial charge in [-0.2, -0.15) is 13.0 Å². The molecule has 0 saturated heterocycles. The number of fused-ring (bicyclic) bond motifs is 2. The number of carbonyl (C=O) groups excluding carboxylic acids is 1. The molecule has 1 N–H and O–H groups in total. The molecule has 6 nitrogen and oxygen atoms in total. The molecule has 0 aliphatic heterocycles. The zero-order chi connectivity index (χ0) is 21.1. The van der Waals surface area contributed by atoms with Crippen LogP contribution < -0.4 is 9.30 Å². The van der Waals surface area contributed by atoms with Crippen LogP contribution in [0.25, 0.3) is 21.8 Å². The van der Waals surface area contributed by atoms with Crippen molar-refractivity contribution in [2.45, 2.75) is 13.0 Å². The van der Waals surface area contributed by atoms with Crippen molar-refractivity contribution in [1.29, 1.82) is 0 Å².